The molecule has 0 saturated carbocycles. The van der Waals surface area contributed by atoms with Crippen molar-refractivity contribution in [2.45, 2.75) is 19.4 Å². The van der Waals surface area contributed by atoms with Crippen molar-refractivity contribution in [1.29, 1.82) is 0 Å². The Morgan fingerprint density at radius 2 is 1.88 bits per heavy atom. The fraction of sp³-hybridized carbons (Fsp3) is 0.333. The van der Waals surface area contributed by atoms with E-state index in [1.165, 1.54) is 4.68 Å². The van der Waals surface area contributed by atoms with Gasteiger partial charge in [-0.25, -0.2) is 14.6 Å². The van der Waals surface area contributed by atoms with Crippen LogP contribution in [-0.2, 0) is 19.4 Å². The molecule has 8 heteroatoms. The van der Waals surface area contributed by atoms with Crippen LogP contribution in [0.1, 0.15) is 11.3 Å². The summed E-state index contributed by atoms with van der Waals surface area (Å²) in [4.78, 5) is 33.4. The second kappa shape index (κ2) is 7.09. The molecule has 0 bridgehead atoms. The van der Waals surface area contributed by atoms with E-state index < -0.39 is 0 Å². The Morgan fingerprint density at radius 3 is 2.77 bits per heavy atom. The van der Waals surface area contributed by atoms with Gasteiger partial charge in [0.2, 0.25) is 0 Å². The number of H-pyrrole nitrogens is 1. The molecule has 3 N–H and O–H groups in total. The highest BCUT2D eigenvalue weighted by Crippen LogP contribution is 2.17. The minimum atomic E-state index is -0.262. The van der Waals surface area contributed by atoms with Crippen LogP contribution in [0.5, 0.6) is 0 Å². The first-order valence-electron chi connectivity index (χ1n) is 8.73. The molecule has 26 heavy (non-hydrogen) atoms. The SMILES string of the molecule is O=c1[nH]n(CCNc2ncnc3c2CCNCC3)c(=O)c2ccccc12. The van der Waals surface area contributed by atoms with Crippen LogP contribution in [-0.4, -0.2) is 39.4 Å². The summed E-state index contributed by atoms with van der Waals surface area (Å²) in [5.74, 6) is 0.801. The van der Waals surface area contributed by atoms with Gasteiger partial charge >= 0.3 is 0 Å². The Bertz CT molecular complexity index is 1060. The Balaban J connectivity index is 1.54. The van der Waals surface area contributed by atoms with E-state index in [1.54, 1.807) is 30.6 Å². The van der Waals surface area contributed by atoms with Crippen molar-refractivity contribution in [2.75, 3.05) is 25.0 Å². The van der Waals surface area contributed by atoms with Gasteiger partial charge in [-0.05, 0) is 25.1 Å². The predicted octanol–water partition coefficient (Wildman–Crippen LogP) is 0.280. The Morgan fingerprint density at radius 1 is 1.08 bits per heavy atom. The van der Waals surface area contributed by atoms with Gasteiger partial charge in [-0.3, -0.25) is 14.7 Å². The Kier molecular flexibility index (Phi) is 4.49. The molecular formula is C18H20N6O2. The van der Waals surface area contributed by atoms with E-state index in [9.17, 15) is 9.59 Å². The van der Waals surface area contributed by atoms with Gasteiger partial charge in [0, 0.05) is 25.1 Å². The monoisotopic (exact) mass is 352 g/mol. The number of rotatable bonds is 4. The molecule has 0 saturated heterocycles. The summed E-state index contributed by atoms with van der Waals surface area (Å²) < 4.78 is 1.35. The second-order valence-electron chi connectivity index (χ2n) is 6.27. The van der Waals surface area contributed by atoms with Crippen LogP contribution in [0, 0.1) is 0 Å². The molecule has 1 aliphatic rings. The van der Waals surface area contributed by atoms with Gasteiger partial charge in [0.05, 0.1) is 23.0 Å². The van der Waals surface area contributed by atoms with Crippen LogP contribution < -0.4 is 21.8 Å². The third-order valence-electron chi connectivity index (χ3n) is 4.64. The van der Waals surface area contributed by atoms with Crippen LogP contribution in [0.3, 0.4) is 0 Å². The number of nitrogens with one attached hydrogen (secondary N) is 3. The highest BCUT2D eigenvalue weighted by molar-refractivity contribution is 5.80. The molecule has 4 rings (SSSR count). The van der Waals surface area contributed by atoms with E-state index in [-0.39, 0.29) is 11.1 Å². The minimum Gasteiger partial charge on any atom is -0.368 e. The summed E-state index contributed by atoms with van der Waals surface area (Å²) >= 11 is 0. The first kappa shape index (κ1) is 16.5. The quantitative estimate of drug-likeness (QED) is 0.623. The van der Waals surface area contributed by atoms with Crippen molar-refractivity contribution in [1.82, 2.24) is 25.1 Å². The number of aromatic amines is 1. The van der Waals surface area contributed by atoms with Crippen LogP contribution in [0.25, 0.3) is 10.8 Å². The van der Waals surface area contributed by atoms with Crippen molar-refractivity contribution >= 4 is 16.6 Å². The van der Waals surface area contributed by atoms with Crippen molar-refractivity contribution in [3.8, 4) is 0 Å². The lowest BCUT2D eigenvalue weighted by Gasteiger charge is -2.13. The van der Waals surface area contributed by atoms with Crippen LogP contribution >= 0.6 is 0 Å². The molecule has 8 nitrogen and oxygen atoms in total. The van der Waals surface area contributed by atoms with E-state index in [0.717, 1.165) is 43.0 Å². The van der Waals surface area contributed by atoms with Crippen LogP contribution in [0.15, 0.2) is 40.2 Å². The average molecular weight is 352 g/mol. The number of nitrogens with zero attached hydrogens (tertiary/aromatic N) is 3. The Hall–Kier alpha value is -3.00. The van der Waals surface area contributed by atoms with Crippen molar-refractivity contribution in [2.24, 2.45) is 0 Å². The highest BCUT2D eigenvalue weighted by atomic mass is 16.2. The molecule has 1 aliphatic heterocycles. The summed E-state index contributed by atoms with van der Waals surface area (Å²) in [5.41, 5.74) is 1.72. The molecular weight excluding hydrogens is 332 g/mol. The van der Waals surface area contributed by atoms with Gasteiger partial charge in [-0.1, -0.05) is 12.1 Å². The molecule has 1 aromatic carbocycles. The van der Waals surface area contributed by atoms with Crippen molar-refractivity contribution in [3.63, 3.8) is 0 Å². The molecule has 3 heterocycles. The topological polar surface area (TPSA) is 105 Å². The first-order valence-corrected chi connectivity index (χ1v) is 8.73. The molecule has 0 atom stereocenters. The number of fused-ring (bicyclic) bond motifs is 2. The van der Waals surface area contributed by atoms with Crippen molar-refractivity contribution in [3.05, 3.63) is 62.6 Å². The lowest BCUT2D eigenvalue weighted by molar-refractivity contribution is 0.595. The standard InChI is InChI=1S/C18H20N6O2/c25-17-12-3-1-2-4-13(12)18(26)24(23-17)10-9-20-16-14-5-7-19-8-6-15(14)21-11-22-16/h1-4,11,19H,5-10H2,(H,23,25)(H,20,21,22). The normalized spacial score (nSPS) is 14.0. The van der Waals surface area contributed by atoms with Crippen LogP contribution in [0.4, 0.5) is 5.82 Å². The van der Waals surface area contributed by atoms with E-state index in [4.69, 9.17) is 0 Å². The lowest BCUT2D eigenvalue weighted by atomic mass is 10.1. The zero-order valence-electron chi connectivity index (χ0n) is 14.3. The number of hydrogen-bond acceptors (Lipinski definition) is 6. The third kappa shape index (κ3) is 3.11. The number of benzene rings is 1. The molecule has 0 amide bonds. The van der Waals surface area contributed by atoms with Gasteiger partial charge in [0.25, 0.3) is 11.1 Å². The molecule has 134 valence electrons. The predicted molar refractivity (Wildman–Crippen MR) is 99.6 cm³/mol. The summed E-state index contributed by atoms with van der Waals surface area (Å²) in [6, 6.07) is 6.84. The number of anilines is 1. The molecule has 2 aromatic heterocycles. The molecule has 0 fully saturated rings. The second-order valence-corrected chi connectivity index (χ2v) is 6.27. The zero-order chi connectivity index (χ0) is 17.9. The zero-order valence-corrected chi connectivity index (χ0v) is 14.3. The molecule has 0 aliphatic carbocycles. The molecule has 0 radical (unpaired) electrons. The summed E-state index contributed by atoms with van der Waals surface area (Å²) in [6.45, 7) is 2.63. The maximum Gasteiger partial charge on any atom is 0.273 e. The maximum absolute atomic E-state index is 12.5. The van der Waals surface area contributed by atoms with E-state index >= 15 is 0 Å². The lowest BCUT2D eigenvalue weighted by Crippen LogP contribution is -2.32. The fourth-order valence-corrected chi connectivity index (χ4v) is 3.31. The van der Waals surface area contributed by atoms with Gasteiger partial charge in [0.15, 0.2) is 0 Å². The maximum atomic E-state index is 12.5. The third-order valence-corrected chi connectivity index (χ3v) is 4.64. The van der Waals surface area contributed by atoms with Crippen LogP contribution in [0.2, 0.25) is 0 Å². The summed E-state index contributed by atoms with van der Waals surface area (Å²) in [7, 11) is 0. The van der Waals surface area contributed by atoms with Crippen molar-refractivity contribution < 1.29 is 0 Å². The average Bonchev–Trinajstić information content (AvgIpc) is 2.92. The smallest absolute Gasteiger partial charge is 0.273 e. The first-order chi connectivity index (χ1) is 12.7. The minimum absolute atomic E-state index is 0.201. The summed E-state index contributed by atoms with van der Waals surface area (Å²) in [5, 5.41) is 10.1. The van der Waals surface area contributed by atoms with Gasteiger partial charge in [-0.2, -0.15) is 0 Å². The van der Waals surface area contributed by atoms with Gasteiger partial charge < -0.3 is 10.6 Å². The van der Waals surface area contributed by atoms with Gasteiger partial charge in [-0.15, -0.1) is 0 Å². The fourth-order valence-electron chi connectivity index (χ4n) is 3.31. The van der Waals surface area contributed by atoms with Gasteiger partial charge in [0.1, 0.15) is 12.1 Å². The van der Waals surface area contributed by atoms with E-state index in [2.05, 4.69) is 25.7 Å². The number of aromatic nitrogens is 4. The molecule has 0 unspecified atom stereocenters. The largest absolute Gasteiger partial charge is 0.368 e. The molecule has 3 aromatic rings. The summed E-state index contributed by atoms with van der Waals surface area (Å²) in [6.07, 6.45) is 3.31. The number of hydrogen-bond donors (Lipinski definition) is 3. The Labute approximate surface area is 149 Å². The molecule has 0 spiro atoms. The van der Waals surface area contributed by atoms with E-state index in [1.807, 2.05) is 0 Å². The van der Waals surface area contributed by atoms with E-state index in [0.29, 0.717) is 23.9 Å². The highest BCUT2D eigenvalue weighted by Gasteiger charge is 2.14.